The molecule has 99 heavy (non-hydrogen) atoms. The van der Waals surface area contributed by atoms with Crippen LogP contribution >= 0.6 is 7.82 Å². The quantitative estimate of drug-likeness (QED) is 0.0211. The van der Waals surface area contributed by atoms with Crippen LogP contribution < -0.4 is 0 Å². The molecule has 0 aliphatic carbocycles. The van der Waals surface area contributed by atoms with Crippen LogP contribution in [0.5, 0.6) is 0 Å². The number of carbonyl (C=O) groups is 2. The molecule has 0 bridgehead atoms. The number of nitrogens with zero attached hydrogens (tertiary/aromatic N) is 1. The van der Waals surface area contributed by atoms with E-state index >= 15 is 0 Å². The van der Waals surface area contributed by atoms with Gasteiger partial charge in [0.25, 0.3) is 0 Å². The lowest BCUT2D eigenvalue weighted by Gasteiger charge is -2.24. The zero-order valence-corrected chi connectivity index (χ0v) is 66.6. The van der Waals surface area contributed by atoms with Crippen molar-refractivity contribution in [2.75, 3.05) is 47.5 Å². The first-order valence-corrected chi connectivity index (χ1v) is 43.6. The van der Waals surface area contributed by atoms with Crippen molar-refractivity contribution in [3.8, 4) is 0 Å². The maximum atomic E-state index is 12.9. The number of quaternary nitrogens is 1. The smallest absolute Gasteiger partial charge is 0.462 e. The lowest BCUT2D eigenvalue weighted by atomic mass is 10.0. The number of hydrogen-bond donors (Lipinski definition) is 1. The largest absolute Gasteiger partial charge is 0.472 e. The number of carbonyl (C=O) groups excluding carboxylic acids is 2. The Morgan fingerprint density at radius 1 is 0.323 bits per heavy atom. The molecule has 2 atom stereocenters. The molecule has 9 nitrogen and oxygen atoms in total. The number of rotatable bonds is 78. The van der Waals surface area contributed by atoms with Gasteiger partial charge in [0.2, 0.25) is 0 Å². The molecule has 1 N–H and O–H groups in total. The SMILES string of the molecule is CC/C=C\C/C=C\C/C=C\C/C=C\C/C=C\C/C=C\C/C=C\C/C=C\C/C=C\CCCCCCCCCCCCCCCC(=O)OC(COC(=O)CCCCCCCCCCCCCCCCCCCCCCCCCCCCCCCCCCCC)COP(=O)(O)OCC[N+](C)(C)C. The number of phosphoric ester groups is 1. The van der Waals surface area contributed by atoms with Crippen LogP contribution in [0.4, 0.5) is 0 Å². The summed E-state index contributed by atoms with van der Waals surface area (Å²) in [6.45, 7) is 4.38. The van der Waals surface area contributed by atoms with Gasteiger partial charge in [0.15, 0.2) is 6.10 Å². The van der Waals surface area contributed by atoms with E-state index in [-0.39, 0.29) is 25.6 Å². The van der Waals surface area contributed by atoms with E-state index in [0.29, 0.717) is 23.9 Å². The average molecular weight is 1400 g/mol. The van der Waals surface area contributed by atoms with Gasteiger partial charge in [0.1, 0.15) is 19.8 Å². The van der Waals surface area contributed by atoms with Crippen LogP contribution in [0.1, 0.15) is 393 Å². The minimum atomic E-state index is -4.40. The van der Waals surface area contributed by atoms with Gasteiger partial charge < -0.3 is 18.9 Å². The predicted molar refractivity (Wildman–Crippen MR) is 431 cm³/mol. The molecule has 0 rings (SSSR count). The number of ether oxygens (including phenoxy) is 2. The molecule has 0 aliphatic rings. The molecule has 0 saturated heterocycles. The third kappa shape index (κ3) is 83.5. The molecular formula is C89H161NO8P+. The summed E-state index contributed by atoms with van der Waals surface area (Å²) in [6.07, 6.45) is 113. The van der Waals surface area contributed by atoms with Crippen molar-refractivity contribution in [1.29, 1.82) is 0 Å². The first-order valence-electron chi connectivity index (χ1n) is 42.1. The summed E-state index contributed by atoms with van der Waals surface area (Å²) in [5.41, 5.74) is 0. The standard InChI is InChI=1S/C89H160NO8P/c1-6-8-10-12-14-16-18-20-22-24-26-28-30-32-34-36-38-40-42-43-44-45-46-47-48-50-52-54-56-58-60-62-64-66-68-70-72-74-76-78-80-82-89(92)98-87(86-97-99(93,94)96-84-83-90(3,4)5)85-95-88(91)81-79-77-75-73-71-69-67-65-63-61-59-57-55-53-51-49-41-39-37-35-33-31-29-27-25-23-21-19-17-15-13-11-9-7-2/h8,10,14,16,20,22,26,28,32,34,38,40,43-44,46-47,50,52,87H,6-7,9,11-13,15,17-19,21,23-25,27,29-31,33,35-37,39,41-42,45,48-49,51,53-86H2,1-5H3/p+1/b10-8-,16-14-,22-20-,28-26-,34-32-,40-38-,44-43-,47-46-,52-50-. The number of esters is 2. The van der Waals surface area contributed by atoms with E-state index in [2.05, 4.69) is 123 Å². The van der Waals surface area contributed by atoms with Crippen LogP contribution in [0.2, 0.25) is 0 Å². The fourth-order valence-corrected chi connectivity index (χ4v) is 12.9. The van der Waals surface area contributed by atoms with E-state index in [1.807, 2.05) is 21.1 Å². The summed E-state index contributed by atoms with van der Waals surface area (Å²) in [7, 11) is 1.49. The summed E-state index contributed by atoms with van der Waals surface area (Å²) in [5, 5.41) is 0. The van der Waals surface area contributed by atoms with Gasteiger partial charge in [-0.3, -0.25) is 18.6 Å². The second-order valence-electron chi connectivity index (χ2n) is 29.5. The molecular weight excluding hydrogens is 1240 g/mol. The number of allylic oxidation sites excluding steroid dienone is 18. The zero-order chi connectivity index (χ0) is 71.8. The van der Waals surface area contributed by atoms with Crippen LogP contribution in [0.25, 0.3) is 0 Å². The number of phosphoric acid groups is 1. The molecule has 574 valence electrons. The van der Waals surface area contributed by atoms with Crippen molar-refractivity contribution in [3.05, 3.63) is 109 Å². The Bertz CT molecular complexity index is 2040. The van der Waals surface area contributed by atoms with Crippen molar-refractivity contribution >= 4 is 19.8 Å². The first-order chi connectivity index (χ1) is 48.5. The Morgan fingerprint density at radius 2 is 0.576 bits per heavy atom. The number of hydrogen-bond acceptors (Lipinski definition) is 7. The first kappa shape index (κ1) is 95.7. The van der Waals surface area contributed by atoms with Crippen LogP contribution in [-0.4, -0.2) is 74.9 Å². The Balaban J connectivity index is 3.95. The maximum absolute atomic E-state index is 12.9. The molecule has 0 aromatic heterocycles. The molecule has 0 fully saturated rings. The van der Waals surface area contributed by atoms with Gasteiger partial charge in [0.05, 0.1) is 27.7 Å². The molecule has 0 saturated carbocycles. The molecule has 0 amide bonds. The van der Waals surface area contributed by atoms with E-state index in [1.165, 1.54) is 263 Å². The van der Waals surface area contributed by atoms with Crippen LogP contribution in [0.3, 0.4) is 0 Å². The van der Waals surface area contributed by atoms with Gasteiger partial charge in [0, 0.05) is 12.8 Å². The molecule has 0 aliphatic heterocycles. The maximum Gasteiger partial charge on any atom is 0.472 e. The van der Waals surface area contributed by atoms with E-state index in [4.69, 9.17) is 18.5 Å². The van der Waals surface area contributed by atoms with Crippen molar-refractivity contribution < 1.29 is 42.1 Å². The Labute approximate surface area is 614 Å². The summed E-state index contributed by atoms with van der Waals surface area (Å²) >= 11 is 0. The van der Waals surface area contributed by atoms with Crippen molar-refractivity contribution in [3.63, 3.8) is 0 Å². The van der Waals surface area contributed by atoms with Crippen LogP contribution in [-0.2, 0) is 32.7 Å². The molecule has 2 unspecified atom stereocenters. The number of likely N-dealkylation sites (N-methyl/N-ethyl adjacent to an activating group) is 1. The van der Waals surface area contributed by atoms with Gasteiger partial charge in [-0.25, -0.2) is 4.57 Å². The minimum absolute atomic E-state index is 0.0302. The average Bonchev–Trinajstić information content (AvgIpc) is 0.987. The van der Waals surface area contributed by atoms with E-state index in [9.17, 15) is 19.0 Å². The fourth-order valence-electron chi connectivity index (χ4n) is 12.2. The summed E-state index contributed by atoms with van der Waals surface area (Å²) in [4.78, 5) is 36.0. The van der Waals surface area contributed by atoms with E-state index in [0.717, 1.165) is 96.3 Å². The fraction of sp³-hybridized carbons (Fsp3) is 0.775. The Hall–Kier alpha value is -3.33. The molecule has 0 aromatic carbocycles. The second-order valence-corrected chi connectivity index (χ2v) is 30.9. The number of unbranched alkanes of at least 4 members (excludes halogenated alkanes) is 46. The van der Waals surface area contributed by atoms with E-state index < -0.39 is 26.5 Å². The topological polar surface area (TPSA) is 108 Å². The third-order valence-electron chi connectivity index (χ3n) is 18.6. The highest BCUT2D eigenvalue weighted by Crippen LogP contribution is 2.43. The molecule has 0 heterocycles. The lowest BCUT2D eigenvalue weighted by molar-refractivity contribution is -0.870. The highest BCUT2D eigenvalue weighted by molar-refractivity contribution is 7.47. The summed E-state index contributed by atoms with van der Waals surface area (Å²) in [6, 6.07) is 0. The van der Waals surface area contributed by atoms with Crippen molar-refractivity contribution in [1.82, 2.24) is 0 Å². The Kier molecular flexibility index (Phi) is 76.1. The van der Waals surface area contributed by atoms with Crippen molar-refractivity contribution in [2.45, 2.75) is 399 Å². The Morgan fingerprint density at radius 3 is 0.859 bits per heavy atom. The third-order valence-corrected chi connectivity index (χ3v) is 19.6. The second kappa shape index (κ2) is 78.8. The van der Waals surface area contributed by atoms with Gasteiger partial charge in [-0.2, -0.15) is 0 Å². The monoisotopic (exact) mass is 1400 g/mol. The summed E-state index contributed by atoms with van der Waals surface area (Å²) in [5.74, 6) is -0.784. The normalized spacial score (nSPS) is 13.6. The minimum Gasteiger partial charge on any atom is -0.462 e. The zero-order valence-electron chi connectivity index (χ0n) is 65.7. The van der Waals surface area contributed by atoms with Crippen LogP contribution in [0, 0.1) is 0 Å². The molecule has 0 radical (unpaired) electrons. The van der Waals surface area contributed by atoms with Gasteiger partial charge in [-0.15, -0.1) is 0 Å². The lowest BCUT2D eigenvalue weighted by Crippen LogP contribution is -2.37. The van der Waals surface area contributed by atoms with Gasteiger partial charge >= 0.3 is 19.8 Å². The van der Waals surface area contributed by atoms with Crippen molar-refractivity contribution in [2.24, 2.45) is 0 Å². The van der Waals surface area contributed by atoms with Gasteiger partial charge in [-0.1, -0.05) is 406 Å². The van der Waals surface area contributed by atoms with E-state index in [1.54, 1.807) is 0 Å². The highest BCUT2D eigenvalue weighted by atomic mass is 31.2. The molecule has 0 spiro atoms. The highest BCUT2D eigenvalue weighted by Gasteiger charge is 2.27. The van der Waals surface area contributed by atoms with Crippen LogP contribution in [0.15, 0.2) is 109 Å². The molecule has 10 heteroatoms. The van der Waals surface area contributed by atoms with Gasteiger partial charge in [-0.05, 0) is 83.5 Å². The predicted octanol–water partition coefficient (Wildman–Crippen LogP) is 28.3. The molecule has 0 aromatic rings. The summed E-state index contributed by atoms with van der Waals surface area (Å²) < 4.78 is 34.9.